The van der Waals surface area contributed by atoms with Gasteiger partial charge in [-0.1, -0.05) is 65.9 Å². The van der Waals surface area contributed by atoms with Crippen molar-refractivity contribution in [3.05, 3.63) is 94.8 Å². The number of benzene rings is 1. The van der Waals surface area contributed by atoms with Gasteiger partial charge in [-0.05, 0) is 67.7 Å². The smallest absolute Gasteiger partial charge is 0.325 e. The monoisotopic (exact) mass is 557 g/mol. The molecule has 3 atom stereocenters. The number of alkyl halides is 4. The van der Waals surface area contributed by atoms with Crippen LogP contribution < -0.4 is 5.32 Å². The molecule has 1 aromatic carbocycles. The van der Waals surface area contributed by atoms with Crippen molar-refractivity contribution in [3.8, 4) is 0 Å². The first-order valence-electron chi connectivity index (χ1n) is 12.0. The Balaban J connectivity index is 1.53. The molecule has 1 aromatic rings. The minimum Gasteiger partial charge on any atom is -0.325 e. The Morgan fingerprint density at radius 1 is 1.25 bits per heavy atom. The fourth-order valence-corrected chi connectivity index (χ4v) is 5.11. The van der Waals surface area contributed by atoms with E-state index in [2.05, 4.69) is 59.9 Å². The summed E-state index contributed by atoms with van der Waals surface area (Å²) >= 11 is 3.68. The minimum absolute atomic E-state index is 0.0302. The highest BCUT2D eigenvalue weighted by Crippen LogP contribution is 2.38. The maximum atomic E-state index is 13.3. The van der Waals surface area contributed by atoms with Crippen molar-refractivity contribution in [2.75, 3.05) is 0 Å². The summed E-state index contributed by atoms with van der Waals surface area (Å²) in [5.74, 6) is 0.395. The van der Waals surface area contributed by atoms with Gasteiger partial charge in [-0.2, -0.15) is 13.2 Å². The second-order valence-corrected chi connectivity index (χ2v) is 12.0. The fourth-order valence-electron chi connectivity index (χ4n) is 4.82. The van der Waals surface area contributed by atoms with Crippen molar-refractivity contribution in [2.45, 2.75) is 68.9 Å². The lowest BCUT2D eigenvalue weighted by atomic mass is 9.79. The number of hydrogen-bond donors (Lipinski definition) is 1. The highest BCUT2D eigenvalue weighted by Gasteiger charge is 2.39. The van der Waals surface area contributed by atoms with E-state index in [1.807, 2.05) is 26.0 Å². The average molecular weight is 558 g/mol. The molecule has 4 rings (SSSR count). The number of hydrogen-bond acceptors (Lipinski definition) is 3. The molecule has 0 saturated heterocycles. The van der Waals surface area contributed by atoms with E-state index in [9.17, 15) is 13.2 Å². The van der Waals surface area contributed by atoms with Crippen LogP contribution in [-0.2, 0) is 6.18 Å². The minimum atomic E-state index is -4.37. The number of aryl methyl sites for hydroxylation is 1. The number of guanidine groups is 1. The van der Waals surface area contributed by atoms with Gasteiger partial charge in [0.1, 0.15) is 5.54 Å². The molecule has 1 aliphatic heterocycles. The summed E-state index contributed by atoms with van der Waals surface area (Å²) in [6.45, 7) is 11.9. The van der Waals surface area contributed by atoms with Crippen LogP contribution in [0.2, 0.25) is 0 Å². The third-order valence-electron chi connectivity index (χ3n) is 7.00. The first kappa shape index (κ1) is 26.4. The molecular weight excluding hydrogens is 527 g/mol. The number of halogens is 4. The summed E-state index contributed by atoms with van der Waals surface area (Å²) in [4.78, 5) is 9.67. The largest absolute Gasteiger partial charge is 0.416 e. The zero-order valence-electron chi connectivity index (χ0n) is 21.0. The third kappa shape index (κ3) is 5.66. The molecule has 0 radical (unpaired) electrons. The number of aliphatic imine (C=N–C) groups is 2. The molecule has 36 heavy (non-hydrogen) atoms. The summed E-state index contributed by atoms with van der Waals surface area (Å²) in [6, 6.07) is 3.93. The van der Waals surface area contributed by atoms with E-state index in [1.165, 1.54) is 12.1 Å². The second kappa shape index (κ2) is 9.66. The Hall–Kier alpha value is -2.67. The second-order valence-electron chi connectivity index (χ2n) is 10.2. The highest BCUT2D eigenvalue weighted by atomic mass is 79.9. The van der Waals surface area contributed by atoms with E-state index >= 15 is 0 Å². The zero-order chi connectivity index (χ0) is 26.3. The third-order valence-corrected chi connectivity index (χ3v) is 7.58. The number of rotatable bonds is 5. The molecule has 3 unspecified atom stereocenters. The van der Waals surface area contributed by atoms with Crippen LogP contribution in [0.4, 0.5) is 13.2 Å². The van der Waals surface area contributed by atoms with Gasteiger partial charge in [-0.15, -0.1) is 0 Å². The first-order chi connectivity index (χ1) is 16.8. The Labute approximate surface area is 219 Å². The molecule has 190 valence electrons. The van der Waals surface area contributed by atoms with Crippen molar-refractivity contribution in [3.63, 3.8) is 0 Å². The Morgan fingerprint density at radius 2 is 2.00 bits per heavy atom. The summed E-state index contributed by atoms with van der Waals surface area (Å²) in [5, 5.41) is 3.34. The van der Waals surface area contributed by atoms with Crippen molar-refractivity contribution in [1.29, 1.82) is 0 Å². The predicted molar refractivity (Wildman–Crippen MR) is 146 cm³/mol. The van der Waals surface area contributed by atoms with E-state index in [0.29, 0.717) is 24.4 Å². The average Bonchev–Trinajstić information content (AvgIpc) is 3.13. The molecule has 7 heteroatoms. The van der Waals surface area contributed by atoms with Crippen LogP contribution in [0, 0.1) is 6.92 Å². The molecule has 0 saturated carbocycles. The standard InChI is InChI=1S/C29H31BrF3N3/c1-6-20(15-19(3)24-16-22(29(31,32)33)9-7-18(24)2)21-8-10-25-28(5,17-21)36-26(35-25)34-23-11-13-27(4,30)14-12-23/h6-9,11-13,15-16,19H,1,10,14,17H2,2-5H3,(H,34,36). The molecule has 2 aliphatic carbocycles. The van der Waals surface area contributed by atoms with E-state index < -0.39 is 17.3 Å². The molecule has 0 fully saturated rings. The molecule has 1 heterocycles. The maximum absolute atomic E-state index is 13.3. The number of nitrogens with one attached hydrogen (secondary N) is 1. The van der Waals surface area contributed by atoms with Gasteiger partial charge in [0.25, 0.3) is 0 Å². The lowest BCUT2D eigenvalue weighted by Crippen LogP contribution is -2.34. The number of nitrogens with zero attached hydrogens (tertiary/aromatic N) is 2. The van der Waals surface area contributed by atoms with Gasteiger partial charge in [0.15, 0.2) is 0 Å². The van der Waals surface area contributed by atoms with Crippen LogP contribution >= 0.6 is 15.9 Å². The van der Waals surface area contributed by atoms with Crippen molar-refractivity contribution in [2.24, 2.45) is 9.98 Å². The number of allylic oxidation sites excluding steroid dienone is 7. The molecule has 0 spiro atoms. The summed E-state index contributed by atoms with van der Waals surface area (Å²) in [5.41, 5.74) is 4.38. The topological polar surface area (TPSA) is 36.8 Å². The SMILES string of the molecule is C=CC(=CC(C)c1cc(C(F)(F)F)ccc1C)C1=CCC2=NC(NC3=CCC(C)(Br)C=C3)=NC2(C)C1. The fraction of sp³-hybridized carbons (Fsp3) is 0.379. The van der Waals surface area contributed by atoms with Gasteiger partial charge in [0.05, 0.1) is 11.3 Å². The summed E-state index contributed by atoms with van der Waals surface area (Å²) in [7, 11) is 0. The normalized spacial score (nSPS) is 26.9. The van der Waals surface area contributed by atoms with E-state index in [-0.39, 0.29) is 10.2 Å². The van der Waals surface area contributed by atoms with Crippen LogP contribution in [0.25, 0.3) is 0 Å². The molecule has 0 aromatic heterocycles. The Morgan fingerprint density at radius 3 is 2.64 bits per heavy atom. The van der Waals surface area contributed by atoms with Crippen molar-refractivity contribution < 1.29 is 13.2 Å². The molecule has 3 nitrogen and oxygen atoms in total. The van der Waals surface area contributed by atoms with Crippen LogP contribution in [0.3, 0.4) is 0 Å². The molecule has 3 aliphatic rings. The van der Waals surface area contributed by atoms with Crippen LogP contribution in [0.5, 0.6) is 0 Å². The van der Waals surface area contributed by atoms with Crippen molar-refractivity contribution >= 4 is 27.6 Å². The van der Waals surface area contributed by atoms with Gasteiger partial charge in [0.2, 0.25) is 5.96 Å². The van der Waals surface area contributed by atoms with E-state index in [0.717, 1.165) is 40.6 Å². The predicted octanol–water partition coefficient (Wildman–Crippen LogP) is 8.11. The highest BCUT2D eigenvalue weighted by molar-refractivity contribution is 9.10. The van der Waals surface area contributed by atoms with Gasteiger partial charge < -0.3 is 5.32 Å². The van der Waals surface area contributed by atoms with E-state index in [1.54, 1.807) is 6.08 Å². The summed E-state index contributed by atoms with van der Waals surface area (Å²) in [6.07, 6.45) is 10.0. The zero-order valence-corrected chi connectivity index (χ0v) is 22.6. The van der Waals surface area contributed by atoms with Crippen molar-refractivity contribution in [1.82, 2.24) is 5.32 Å². The van der Waals surface area contributed by atoms with Crippen LogP contribution in [0.15, 0.2) is 88.1 Å². The summed E-state index contributed by atoms with van der Waals surface area (Å²) < 4.78 is 39.8. The first-order valence-corrected chi connectivity index (χ1v) is 12.8. The Kier molecular flexibility index (Phi) is 7.08. The van der Waals surface area contributed by atoms with Gasteiger partial charge in [0, 0.05) is 28.8 Å². The van der Waals surface area contributed by atoms with Gasteiger partial charge in [-0.25, -0.2) is 9.98 Å². The molecule has 0 amide bonds. The molecule has 1 N–H and O–H groups in total. The maximum Gasteiger partial charge on any atom is 0.416 e. The lowest BCUT2D eigenvalue weighted by molar-refractivity contribution is -0.137. The quantitative estimate of drug-likeness (QED) is 0.288. The van der Waals surface area contributed by atoms with Crippen LogP contribution in [-0.4, -0.2) is 21.5 Å². The van der Waals surface area contributed by atoms with Crippen LogP contribution in [0.1, 0.15) is 62.6 Å². The molecular formula is C29H31BrF3N3. The molecule has 0 bridgehead atoms. The lowest BCUT2D eigenvalue weighted by Gasteiger charge is -2.29. The Bertz CT molecular complexity index is 1260. The number of fused-ring (bicyclic) bond motifs is 1. The van der Waals surface area contributed by atoms with Gasteiger partial charge in [-0.3, -0.25) is 0 Å². The van der Waals surface area contributed by atoms with Gasteiger partial charge >= 0.3 is 6.18 Å². The van der Waals surface area contributed by atoms with E-state index in [4.69, 9.17) is 9.98 Å².